The van der Waals surface area contributed by atoms with Crippen LogP contribution in [0.3, 0.4) is 0 Å². The van der Waals surface area contributed by atoms with Gasteiger partial charge in [-0.05, 0) is 35.3 Å². The summed E-state index contributed by atoms with van der Waals surface area (Å²) in [5.74, 6) is 0.729. The summed E-state index contributed by atoms with van der Waals surface area (Å²) in [6.07, 6.45) is 4.81. The number of amides is 1. The minimum Gasteiger partial charge on any atom is -0.384 e. The Bertz CT molecular complexity index is 628. The zero-order valence-corrected chi connectivity index (χ0v) is 12.2. The van der Waals surface area contributed by atoms with Gasteiger partial charge in [0.25, 0.3) is 0 Å². The van der Waals surface area contributed by atoms with Crippen molar-refractivity contribution in [1.82, 2.24) is 4.98 Å². The highest BCUT2D eigenvalue weighted by Crippen LogP contribution is 2.15. The lowest BCUT2D eigenvalue weighted by Crippen LogP contribution is -2.08. The molecule has 2 rings (SSSR count). The summed E-state index contributed by atoms with van der Waals surface area (Å²) in [6.45, 7) is 4.30. The molecule has 1 aromatic carbocycles. The molecule has 1 aromatic heterocycles. The van der Waals surface area contributed by atoms with E-state index in [1.165, 1.54) is 17.8 Å². The zero-order chi connectivity index (χ0) is 15.2. The van der Waals surface area contributed by atoms with Crippen LogP contribution in [0.1, 0.15) is 30.9 Å². The van der Waals surface area contributed by atoms with Crippen LogP contribution in [0.2, 0.25) is 0 Å². The first kappa shape index (κ1) is 14.8. The van der Waals surface area contributed by atoms with Crippen molar-refractivity contribution >= 4 is 23.5 Å². The van der Waals surface area contributed by atoms with Crippen molar-refractivity contribution in [2.45, 2.75) is 19.8 Å². The van der Waals surface area contributed by atoms with Gasteiger partial charge in [-0.25, -0.2) is 4.98 Å². The number of hydrogen-bond acceptors (Lipinski definition) is 3. The molecule has 0 aliphatic heterocycles. The molecule has 0 aliphatic carbocycles. The van der Waals surface area contributed by atoms with E-state index in [2.05, 4.69) is 36.3 Å². The van der Waals surface area contributed by atoms with Crippen molar-refractivity contribution in [2.24, 2.45) is 0 Å². The number of anilines is 2. The minimum atomic E-state index is -0.200. The van der Waals surface area contributed by atoms with E-state index in [4.69, 9.17) is 5.73 Å². The Balaban J connectivity index is 1.96. The second kappa shape index (κ2) is 6.70. The number of aromatic nitrogens is 1. The van der Waals surface area contributed by atoms with Crippen LogP contribution in [0.15, 0.2) is 48.7 Å². The van der Waals surface area contributed by atoms with E-state index < -0.39 is 0 Å². The molecular formula is C17H19N3O. The number of rotatable bonds is 4. The number of pyridine rings is 1. The molecule has 0 bridgehead atoms. The van der Waals surface area contributed by atoms with Gasteiger partial charge in [0.1, 0.15) is 5.82 Å². The Hall–Kier alpha value is -2.62. The molecule has 0 fully saturated rings. The van der Waals surface area contributed by atoms with Gasteiger partial charge in [0.05, 0.1) is 11.9 Å². The quantitative estimate of drug-likeness (QED) is 0.843. The van der Waals surface area contributed by atoms with Gasteiger partial charge in [-0.15, -0.1) is 0 Å². The number of carbonyl (C=O) groups is 1. The lowest BCUT2D eigenvalue weighted by molar-refractivity contribution is -0.111. The molecule has 0 spiro atoms. The summed E-state index contributed by atoms with van der Waals surface area (Å²) in [4.78, 5) is 15.7. The molecule has 0 radical (unpaired) electrons. The fourth-order valence-electron chi connectivity index (χ4n) is 1.83. The smallest absolute Gasteiger partial charge is 0.248 e. The van der Waals surface area contributed by atoms with Gasteiger partial charge in [-0.2, -0.15) is 0 Å². The summed E-state index contributed by atoms with van der Waals surface area (Å²) in [5, 5.41) is 2.73. The molecule has 4 nitrogen and oxygen atoms in total. The van der Waals surface area contributed by atoms with E-state index in [1.54, 1.807) is 18.2 Å². The van der Waals surface area contributed by atoms with Crippen LogP contribution >= 0.6 is 0 Å². The molecule has 108 valence electrons. The number of nitrogen functional groups attached to an aromatic ring is 1. The van der Waals surface area contributed by atoms with Crippen LogP contribution in [0, 0.1) is 0 Å². The van der Waals surface area contributed by atoms with Crippen molar-refractivity contribution in [1.29, 1.82) is 0 Å². The van der Waals surface area contributed by atoms with Crippen LogP contribution in [0.4, 0.5) is 11.5 Å². The van der Waals surface area contributed by atoms with E-state index in [9.17, 15) is 4.79 Å². The molecule has 1 amide bonds. The van der Waals surface area contributed by atoms with Gasteiger partial charge < -0.3 is 11.1 Å². The lowest BCUT2D eigenvalue weighted by atomic mass is 10.0. The van der Waals surface area contributed by atoms with Crippen molar-refractivity contribution in [3.05, 3.63) is 59.8 Å². The molecule has 21 heavy (non-hydrogen) atoms. The van der Waals surface area contributed by atoms with Crippen molar-refractivity contribution in [3.8, 4) is 0 Å². The summed E-state index contributed by atoms with van der Waals surface area (Å²) in [7, 11) is 0. The number of nitrogens with zero attached hydrogens (tertiary/aromatic N) is 1. The van der Waals surface area contributed by atoms with E-state index in [1.807, 2.05) is 12.1 Å². The predicted octanol–water partition coefficient (Wildman–Crippen LogP) is 3.44. The van der Waals surface area contributed by atoms with Gasteiger partial charge >= 0.3 is 0 Å². The number of benzene rings is 1. The number of nitrogens with two attached hydrogens (primary N) is 1. The lowest BCUT2D eigenvalue weighted by Gasteiger charge is -2.04. The van der Waals surface area contributed by atoms with Crippen molar-refractivity contribution < 1.29 is 4.79 Å². The van der Waals surface area contributed by atoms with E-state index in [0.717, 1.165) is 5.56 Å². The van der Waals surface area contributed by atoms with E-state index in [0.29, 0.717) is 17.4 Å². The van der Waals surface area contributed by atoms with Gasteiger partial charge in [-0.3, -0.25) is 4.79 Å². The first-order valence-electron chi connectivity index (χ1n) is 6.85. The first-order valence-corrected chi connectivity index (χ1v) is 6.85. The highest BCUT2D eigenvalue weighted by Gasteiger charge is 1.99. The van der Waals surface area contributed by atoms with Gasteiger partial charge in [0, 0.05) is 6.08 Å². The molecule has 0 saturated carbocycles. The SMILES string of the molecule is CC(C)c1ccc(/C=C/C(=O)Nc2ccc(N)nc2)cc1. The fourth-order valence-corrected chi connectivity index (χ4v) is 1.83. The minimum absolute atomic E-state index is 0.200. The summed E-state index contributed by atoms with van der Waals surface area (Å²) < 4.78 is 0. The topological polar surface area (TPSA) is 68.0 Å². The summed E-state index contributed by atoms with van der Waals surface area (Å²) in [5.41, 5.74) is 8.38. The van der Waals surface area contributed by atoms with Crippen LogP contribution < -0.4 is 11.1 Å². The molecule has 1 heterocycles. The van der Waals surface area contributed by atoms with Gasteiger partial charge in [0.15, 0.2) is 0 Å². The standard InChI is InChI=1S/C17H19N3O/c1-12(2)14-6-3-13(4-7-14)5-10-17(21)20-15-8-9-16(18)19-11-15/h3-12H,1-2H3,(H2,18,19)(H,20,21)/b10-5+. The Morgan fingerprint density at radius 2 is 1.90 bits per heavy atom. The van der Waals surface area contributed by atoms with Crippen molar-refractivity contribution in [3.63, 3.8) is 0 Å². The fraction of sp³-hybridized carbons (Fsp3) is 0.176. The van der Waals surface area contributed by atoms with E-state index in [-0.39, 0.29) is 5.91 Å². The van der Waals surface area contributed by atoms with Gasteiger partial charge in [0.2, 0.25) is 5.91 Å². The third-order valence-electron chi connectivity index (χ3n) is 3.08. The third kappa shape index (κ3) is 4.45. The first-order chi connectivity index (χ1) is 10.0. The summed E-state index contributed by atoms with van der Waals surface area (Å²) in [6, 6.07) is 11.5. The maximum absolute atomic E-state index is 11.8. The third-order valence-corrected chi connectivity index (χ3v) is 3.08. The second-order valence-corrected chi connectivity index (χ2v) is 5.12. The predicted molar refractivity (Wildman–Crippen MR) is 86.8 cm³/mol. The largest absolute Gasteiger partial charge is 0.384 e. The second-order valence-electron chi connectivity index (χ2n) is 5.12. The van der Waals surface area contributed by atoms with E-state index >= 15 is 0 Å². The number of nitrogens with one attached hydrogen (secondary N) is 1. The molecule has 0 atom stereocenters. The molecule has 4 heteroatoms. The Kier molecular flexibility index (Phi) is 4.72. The molecule has 0 aliphatic rings. The average Bonchev–Trinajstić information content (AvgIpc) is 2.48. The molecular weight excluding hydrogens is 262 g/mol. The zero-order valence-electron chi connectivity index (χ0n) is 12.2. The van der Waals surface area contributed by atoms with Crippen LogP contribution in [-0.2, 0) is 4.79 Å². The maximum Gasteiger partial charge on any atom is 0.248 e. The monoisotopic (exact) mass is 281 g/mol. The molecule has 0 unspecified atom stereocenters. The number of carbonyl (C=O) groups excluding carboxylic acids is 1. The molecule has 3 N–H and O–H groups in total. The maximum atomic E-state index is 11.8. The van der Waals surface area contributed by atoms with Crippen molar-refractivity contribution in [2.75, 3.05) is 11.1 Å². The van der Waals surface area contributed by atoms with Crippen LogP contribution in [-0.4, -0.2) is 10.9 Å². The van der Waals surface area contributed by atoms with Crippen LogP contribution in [0.5, 0.6) is 0 Å². The average molecular weight is 281 g/mol. The Labute approximate surface area is 124 Å². The van der Waals surface area contributed by atoms with Crippen LogP contribution in [0.25, 0.3) is 6.08 Å². The summed E-state index contributed by atoms with van der Waals surface area (Å²) >= 11 is 0. The molecule has 2 aromatic rings. The Morgan fingerprint density at radius 3 is 2.48 bits per heavy atom. The normalized spacial score (nSPS) is 11.0. The highest BCUT2D eigenvalue weighted by molar-refractivity contribution is 6.01. The Morgan fingerprint density at radius 1 is 1.19 bits per heavy atom. The molecule has 0 saturated heterocycles. The highest BCUT2D eigenvalue weighted by atomic mass is 16.1. The van der Waals surface area contributed by atoms with Gasteiger partial charge in [-0.1, -0.05) is 38.1 Å². The number of hydrogen-bond donors (Lipinski definition) is 2.